The number of hydrogen-bond donors (Lipinski definition) is 0. The summed E-state index contributed by atoms with van der Waals surface area (Å²) in [5, 5.41) is 18.2. The average molecular weight is 233 g/mol. The zero-order chi connectivity index (χ0) is 11.3. The van der Waals surface area contributed by atoms with Crippen LogP contribution in [0.2, 0.25) is 0 Å². The number of nitrogens with zero attached hydrogens (tertiary/aromatic N) is 3. The summed E-state index contributed by atoms with van der Waals surface area (Å²) in [5.74, 6) is -1.78. The Labute approximate surface area is 114 Å². The molecule has 0 fully saturated rings. The smallest absolute Gasteiger partial charge is 0.548 e. The number of carboxylic acids is 1. The van der Waals surface area contributed by atoms with Crippen LogP contribution in [0.25, 0.3) is 0 Å². The summed E-state index contributed by atoms with van der Waals surface area (Å²) in [6.07, 6.45) is 0. The zero-order valence-corrected chi connectivity index (χ0v) is 11.1. The van der Waals surface area contributed by atoms with Crippen molar-refractivity contribution < 1.29 is 43.8 Å². The van der Waals surface area contributed by atoms with Gasteiger partial charge in [-0.05, 0) is 12.1 Å². The van der Waals surface area contributed by atoms with Crippen molar-refractivity contribution >= 4 is 11.7 Å². The molecule has 0 unspecified atom stereocenters. The zero-order valence-electron chi connectivity index (χ0n) is 9.05. The minimum absolute atomic E-state index is 0. The fourth-order valence-electron chi connectivity index (χ4n) is 0.876. The van der Waals surface area contributed by atoms with E-state index in [1.165, 1.54) is 25.2 Å². The van der Waals surface area contributed by atoms with Crippen LogP contribution in [0.4, 0.5) is 10.1 Å². The van der Waals surface area contributed by atoms with Crippen LogP contribution in [0.5, 0.6) is 0 Å². The monoisotopic (exact) mass is 233 g/mol. The van der Waals surface area contributed by atoms with E-state index >= 15 is 0 Å². The van der Waals surface area contributed by atoms with Gasteiger partial charge in [0.25, 0.3) is 0 Å². The predicted molar refractivity (Wildman–Crippen MR) is 48.6 cm³/mol. The molecular formula is C9H9FN3NaO2. The van der Waals surface area contributed by atoms with Crippen LogP contribution in [-0.2, 0) is 4.79 Å². The minimum atomic E-state index is -1.27. The van der Waals surface area contributed by atoms with E-state index in [1.54, 1.807) is 6.07 Å². The summed E-state index contributed by atoms with van der Waals surface area (Å²) >= 11 is 0. The van der Waals surface area contributed by atoms with Crippen molar-refractivity contribution in [1.29, 1.82) is 0 Å². The Kier molecular flexibility index (Phi) is 6.87. The Morgan fingerprint density at radius 1 is 1.50 bits per heavy atom. The van der Waals surface area contributed by atoms with E-state index in [0.717, 1.165) is 5.01 Å². The maximum absolute atomic E-state index is 13.0. The summed E-state index contributed by atoms with van der Waals surface area (Å²) in [5.41, 5.74) is 0.0581. The van der Waals surface area contributed by atoms with Gasteiger partial charge in [0.2, 0.25) is 0 Å². The summed E-state index contributed by atoms with van der Waals surface area (Å²) in [6.45, 7) is -0.391. The third kappa shape index (κ3) is 5.20. The van der Waals surface area contributed by atoms with Crippen LogP contribution in [0.15, 0.2) is 34.6 Å². The number of hydrogen-bond acceptors (Lipinski definition) is 4. The van der Waals surface area contributed by atoms with Gasteiger partial charge in [0.05, 0.1) is 12.5 Å². The topological polar surface area (TPSA) is 68.1 Å². The van der Waals surface area contributed by atoms with Crippen LogP contribution >= 0.6 is 0 Å². The van der Waals surface area contributed by atoms with Crippen molar-refractivity contribution in [2.45, 2.75) is 0 Å². The van der Waals surface area contributed by atoms with Crippen LogP contribution in [0, 0.1) is 5.82 Å². The molecule has 0 atom stereocenters. The molecule has 0 spiro atoms. The normalized spacial score (nSPS) is 9.88. The molecule has 0 amide bonds. The summed E-state index contributed by atoms with van der Waals surface area (Å²) in [6, 6.07) is 5.81. The van der Waals surface area contributed by atoms with Crippen LogP contribution in [0.1, 0.15) is 0 Å². The van der Waals surface area contributed by atoms with Crippen molar-refractivity contribution in [1.82, 2.24) is 5.01 Å². The first kappa shape index (κ1) is 15.0. The molecule has 0 radical (unpaired) electrons. The molecule has 5 nitrogen and oxygen atoms in total. The summed E-state index contributed by atoms with van der Waals surface area (Å²) in [7, 11) is 1.40. The van der Waals surface area contributed by atoms with E-state index in [9.17, 15) is 14.3 Å². The van der Waals surface area contributed by atoms with Gasteiger partial charge in [0.1, 0.15) is 5.69 Å². The van der Waals surface area contributed by atoms with Crippen molar-refractivity contribution in [2.24, 2.45) is 10.3 Å². The van der Waals surface area contributed by atoms with Gasteiger partial charge in [0, 0.05) is 7.05 Å². The molecule has 0 aliphatic heterocycles. The number of carbonyl (C=O) groups is 1. The molecule has 0 bridgehead atoms. The molecule has 1 rings (SSSR count). The number of rotatable bonds is 4. The predicted octanol–water partition coefficient (Wildman–Crippen LogP) is -2.49. The van der Waals surface area contributed by atoms with Gasteiger partial charge in [-0.25, -0.2) is 4.39 Å². The number of carboxylic acid groups (broad SMARTS) is 1. The average Bonchev–Trinajstić information content (AvgIpc) is 2.15. The van der Waals surface area contributed by atoms with Crippen LogP contribution in [0.3, 0.4) is 0 Å². The number of benzene rings is 1. The molecule has 1 aromatic rings. The fraction of sp³-hybridized carbons (Fsp3) is 0.222. The second-order valence-electron chi connectivity index (χ2n) is 2.83. The number of likely N-dealkylation sites (N-methyl/N-ethyl adjacent to an activating group) is 1. The van der Waals surface area contributed by atoms with Crippen LogP contribution in [-0.4, -0.2) is 24.6 Å². The minimum Gasteiger partial charge on any atom is -0.548 e. The van der Waals surface area contributed by atoms with E-state index in [4.69, 9.17) is 0 Å². The standard InChI is InChI=1S/C9H10FN3O2.Na/c1-13(6-9(14)15)12-11-8-5-3-2-4-7(8)10;/h2-5H,6H2,1H3,(H,14,15);/q;+1/p-1. The Morgan fingerprint density at radius 3 is 2.69 bits per heavy atom. The van der Waals surface area contributed by atoms with Gasteiger partial charge < -0.3 is 9.90 Å². The molecule has 0 heterocycles. The molecule has 1 aromatic carbocycles. The Balaban J connectivity index is 0.00000225. The van der Waals surface area contributed by atoms with Gasteiger partial charge in [-0.2, -0.15) is 0 Å². The Hall–Kier alpha value is -0.980. The molecule has 0 aliphatic carbocycles. The second-order valence-corrected chi connectivity index (χ2v) is 2.83. The molecule has 0 N–H and O–H groups in total. The van der Waals surface area contributed by atoms with Gasteiger partial charge in [-0.3, -0.25) is 5.01 Å². The molecule has 80 valence electrons. The molecule has 7 heteroatoms. The van der Waals surface area contributed by atoms with Gasteiger partial charge in [-0.1, -0.05) is 17.4 Å². The summed E-state index contributed by atoms with van der Waals surface area (Å²) in [4.78, 5) is 10.2. The molecule has 16 heavy (non-hydrogen) atoms. The van der Waals surface area contributed by atoms with E-state index in [1.807, 2.05) is 0 Å². The van der Waals surface area contributed by atoms with E-state index < -0.39 is 18.3 Å². The quantitative estimate of drug-likeness (QED) is 0.328. The first-order valence-corrected chi connectivity index (χ1v) is 4.17. The van der Waals surface area contributed by atoms with E-state index in [2.05, 4.69) is 10.3 Å². The third-order valence-corrected chi connectivity index (χ3v) is 1.52. The van der Waals surface area contributed by atoms with Crippen molar-refractivity contribution in [3.8, 4) is 0 Å². The molecular weight excluding hydrogens is 224 g/mol. The number of halogens is 1. The third-order valence-electron chi connectivity index (χ3n) is 1.52. The first-order chi connectivity index (χ1) is 7.09. The first-order valence-electron chi connectivity index (χ1n) is 4.17. The van der Waals surface area contributed by atoms with E-state index in [0.29, 0.717) is 0 Å². The van der Waals surface area contributed by atoms with Gasteiger partial charge in [0.15, 0.2) is 5.82 Å². The van der Waals surface area contributed by atoms with Gasteiger partial charge >= 0.3 is 29.6 Å². The SMILES string of the molecule is CN(CC(=O)[O-])N=Nc1ccccc1F.[Na+]. The van der Waals surface area contributed by atoms with Crippen LogP contribution < -0.4 is 34.7 Å². The maximum Gasteiger partial charge on any atom is 1.00 e. The van der Waals surface area contributed by atoms with Gasteiger partial charge in [-0.15, -0.1) is 5.11 Å². The molecule has 0 saturated carbocycles. The Morgan fingerprint density at radius 2 is 2.12 bits per heavy atom. The largest absolute Gasteiger partial charge is 1.00 e. The second kappa shape index (κ2) is 7.32. The molecule has 0 saturated heterocycles. The van der Waals surface area contributed by atoms with Crippen molar-refractivity contribution in [3.63, 3.8) is 0 Å². The van der Waals surface area contributed by atoms with Crippen molar-refractivity contribution in [2.75, 3.05) is 13.6 Å². The number of aliphatic carboxylic acids is 1. The van der Waals surface area contributed by atoms with E-state index in [-0.39, 0.29) is 35.2 Å². The molecule has 0 aliphatic rings. The maximum atomic E-state index is 13.0. The Bertz CT molecular complexity index is 387. The fourth-order valence-corrected chi connectivity index (χ4v) is 0.876. The molecule has 0 aromatic heterocycles. The van der Waals surface area contributed by atoms with Crippen molar-refractivity contribution in [3.05, 3.63) is 30.1 Å². The number of carbonyl (C=O) groups excluding carboxylic acids is 1. The summed E-state index contributed by atoms with van der Waals surface area (Å²) < 4.78 is 13.0.